The van der Waals surface area contributed by atoms with Crippen molar-refractivity contribution < 1.29 is 23.4 Å². The van der Waals surface area contributed by atoms with Gasteiger partial charge in [0.15, 0.2) is 0 Å². The number of ether oxygens (including phenoxy) is 3. The second kappa shape index (κ2) is 13.0. The SMILES string of the molecule is CCCCOCCOc1ccc(-c2ccc3c(c2)/C=C(/C(=O)OC)CCCN3CCF)cc1. The van der Waals surface area contributed by atoms with Crippen molar-refractivity contribution in [3.05, 3.63) is 53.6 Å². The van der Waals surface area contributed by atoms with Crippen molar-refractivity contribution in [2.24, 2.45) is 0 Å². The lowest BCUT2D eigenvalue weighted by molar-refractivity contribution is -0.136. The summed E-state index contributed by atoms with van der Waals surface area (Å²) in [7, 11) is 1.40. The second-order valence-corrected chi connectivity index (χ2v) is 8.05. The van der Waals surface area contributed by atoms with Gasteiger partial charge >= 0.3 is 5.97 Å². The molecule has 0 fully saturated rings. The summed E-state index contributed by atoms with van der Waals surface area (Å²) in [6.07, 6.45) is 5.45. The first-order valence-corrected chi connectivity index (χ1v) is 11.7. The molecular formula is C27H34FNO4. The Balaban J connectivity index is 1.78. The normalized spacial score (nSPS) is 15.1. The number of esters is 1. The molecule has 5 nitrogen and oxygen atoms in total. The van der Waals surface area contributed by atoms with Crippen LogP contribution in [-0.2, 0) is 14.3 Å². The highest BCUT2D eigenvalue weighted by atomic mass is 19.1. The molecule has 0 amide bonds. The van der Waals surface area contributed by atoms with Crippen molar-refractivity contribution in [3.8, 4) is 16.9 Å². The van der Waals surface area contributed by atoms with Crippen molar-refractivity contribution in [1.29, 1.82) is 0 Å². The first-order valence-electron chi connectivity index (χ1n) is 11.7. The third-order valence-corrected chi connectivity index (χ3v) is 5.70. The number of nitrogens with zero attached hydrogens (tertiary/aromatic N) is 1. The number of carbonyl (C=O) groups is 1. The molecule has 0 unspecified atom stereocenters. The maximum absolute atomic E-state index is 13.2. The highest BCUT2D eigenvalue weighted by molar-refractivity contribution is 5.95. The van der Waals surface area contributed by atoms with Crippen molar-refractivity contribution in [2.45, 2.75) is 32.6 Å². The van der Waals surface area contributed by atoms with E-state index in [9.17, 15) is 9.18 Å². The van der Waals surface area contributed by atoms with E-state index in [0.29, 0.717) is 38.3 Å². The van der Waals surface area contributed by atoms with Gasteiger partial charge in [-0.1, -0.05) is 31.5 Å². The molecule has 2 aromatic rings. The van der Waals surface area contributed by atoms with E-state index in [-0.39, 0.29) is 5.97 Å². The quantitative estimate of drug-likeness (QED) is 0.322. The Kier molecular flexibility index (Phi) is 9.76. The van der Waals surface area contributed by atoms with Crippen molar-refractivity contribution >= 4 is 17.7 Å². The Morgan fingerprint density at radius 2 is 1.85 bits per heavy atom. The predicted molar refractivity (Wildman–Crippen MR) is 131 cm³/mol. The third kappa shape index (κ3) is 7.06. The standard InChI is InChI=1S/C27H34FNO4/c1-3-4-16-32-17-18-33-25-10-7-21(8-11-25)22-9-12-26-24(19-22)20-23(27(30)31-2)6-5-14-29(26)15-13-28/h7-12,19-20H,3-6,13-18H2,1-2H3/b23-20+. The summed E-state index contributed by atoms with van der Waals surface area (Å²) in [4.78, 5) is 14.3. The van der Waals surface area contributed by atoms with Gasteiger partial charge in [-0.05, 0) is 66.3 Å². The molecule has 0 aromatic heterocycles. The molecule has 0 atom stereocenters. The Hall–Kier alpha value is -2.86. The molecule has 1 heterocycles. The third-order valence-electron chi connectivity index (χ3n) is 5.70. The van der Waals surface area contributed by atoms with Gasteiger partial charge in [0, 0.05) is 31.0 Å². The minimum absolute atomic E-state index is 0.314. The summed E-state index contributed by atoms with van der Waals surface area (Å²) < 4.78 is 29.4. The molecule has 1 aliphatic rings. The van der Waals surface area contributed by atoms with Crippen LogP contribution in [0.25, 0.3) is 17.2 Å². The Morgan fingerprint density at radius 1 is 1.06 bits per heavy atom. The first-order chi connectivity index (χ1) is 16.2. The molecule has 0 spiro atoms. The average Bonchev–Trinajstić information content (AvgIpc) is 2.83. The number of hydrogen-bond donors (Lipinski definition) is 0. The molecule has 33 heavy (non-hydrogen) atoms. The van der Waals surface area contributed by atoms with Crippen LogP contribution < -0.4 is 9.64 Å². The van der Waals surface area contributed by atoms with E-state index in [1.165, 1.54) is 7.11 Å². The Morgan fingerprint density at radius 3 is 2.58 bits per heavy atom. The summed E-state index contributed by atoms with van der Waals surface area (Å²) in [6, 6.07) is 14.0. The fraction of sp³-hybridized carbons (Fsp3) is 0.444. The molecule has 1 aliphatic heterocycles. The van der Waals surface area contributed by atoms with E-state index < -0.39 is 6.67 Å². The van der Waals surface area contributed by atoms with Gasteiger partial charge in [-0.3, -0.25) is 0 Å². The minimum atomic E-state index is -0.417. The van der Waals surface area contributed by atoms with Gasteiger partial charge in [0.1, 0.15) is 19.0 Å². The lowest BCUT2D eigenvalue weighted by Gasteiger charge is -2.28. The Labute approximate surface area is 196 Å². The first kappa shape index (κ1) is 24.8. The van der Waals surface area contributed by atoms with Crippen LogP contribution in [-0.4, -0.2) is 52.7 Å². The summed E-state index contributed by atoms with van der Waals surface area (Å²) in [6.45, 7) is 4.62. The van der Waals surface area contributed by atoms with Crippen LogP contribution in [0.4, 0.5) is 10.1 Å². The molecule has 6 heteroatoms. The van der Waals surface area contributed by atoms with Gasteiger partial charge in [-0.25, -0.2) is 9.18 Å². The number of benzene rings is 2. The fourth-order valence-corrected chi connectivity index (χ4v) is 3.92. The number of anilines is 1. The molecule has 0 N–H and O–H groups in total. The monoisotopic (exact) mass is 455 g/mol. The van der Waals surface area contributed by atoms with Gasteiger partial charge in [0.25, 0.3) is 0 Å². The zero-order valence-corrected chi connectivity index (χ0v) is 19.6. The molecule has 0 aliphatic carbocycles. The van der Waals surface area contributed by atoms with Crippen LogP contribution in [0.5, 0.6) is 5.75 Å². The maximum Gasteiger partial charge on any atom is 0.333 e. The lowest BCUT2D eigenvalue weighted by Crippen LogP contribution is -2.28. The minimum Gasteiger partial charge on any atom is -0.491 e. The Bertz CT molecular complexity index is 926. The average molecular weight is 456 g/mol. The number of rotatable bonds is 11. The topological polar surface area (TPSA) is 48.0 Å². The summed E-state index contributed by atoms with van der Waals surface area (Å²) in [5, 5.41) is 0. The van der Waals surface area contributed by atoms with Crippen molar-refractivity contribution in [2.75, 3.05) is 51.6 Å². The van der Waals surface area contributed by atoms with Crippen LogP contribution in [0.15, 0.2) is 48.0 Å². The molecule has 2 aromatic carbocycles. The van der Waals surface area contributed by atoms with E-state index in [0.717, 1.165) is 54.0 Å². The number of alkyl halides is 1. The molecule has 3 rings (SSSR count). The summed E-state index contributed by atoms with van der Waals surface area (Å²) in [5.41, 5.74) is 4.52. The number of methoxy groups -OCH3 is 1. The summed E-state index contributed by atoms with van der Waals surface area (Å²) in [5.74, 6) is 0.483. The number of carbonyl (C=O) groups excluding carboxylic acids is 1. The van der Waals surface area contributed by atoms with Gasteiger partial charge in [-0.15, -0.1) is 0 Å². The summed E-state index contributed by atoms with van der Waals surface area (Å²) >= 11 is 0. The zero-order chi connectivity index (χ0) is 23.5. The van der Waals surface area contributed by atoms with Crippen LogP contribution in [0.2, 0.25) is 0 Å². The predicted octanol–water partition coefficient (Wildman–Crippen LogP) is 5.68. The molecule has 0 bridgehead atoms. The molecule has 0 radical (unpaired) electrons. The van der Waals surface area contributed by atoms with E-state index in [1.807, 2.05) is 53.4 Å². The number of halogens is 1. The van der Waals surface area contributed by atoms with Crippen molar-refractivity contribution in [3.63, 3.8) is 0 Å². The van der Waals surface area contributed by atoms with E-state index in [1.54, 1.807) is 0 Å². The molecule has 0 saturated heterocycles. The van der Waals surface area contributed by atoms with Gasteiger partial charge < -0.3 is 19.1 Å². The van der Waals surface area contributed by atoms with E-state index in [2.05, 4.69) is 6.92 Å². The lowest BCUT2D eigenvalue weighted by atomic mass is 9.97. The maximum atomic E-state index is 13.2. The highest BCUT2D eigenvalue weighted by Crippen LogP contribution is 2.32. The largest absolute Gasteiger partial charge is 0.491 e. The van der Waals surface area contributed by atoms with Crippen LogP contribution >= 0.6 is 0 Å². The zero-order valence-electron chi connectivity index (χ0n) is 19.6. The van der Waals surface area contributed by atoms with Crippen LogP contribution in [0.3, 0.4) is 0 Å². The van der Waals surface area contributed by atoms with E-state index in [4.69, 9.17) is 14.2 Å². The highest BCUT2D eigenvalue weighted by Gasteiger charge is 2.18. The smallest absolute Gasteiger partial charge is 0.333 e. The van der Waals surface area contributed by atoms with Gasteiger partial charge in [0.05, 0.1) is 13.7 Å². The van der Waals surface area contributed by atoms with Crippen molar-refractivity contribution in [1.82, 2.24) is 0 Å². The number of unbranched alkanes of at least 4 members (excludes halogenated alkanes) is 1. The molecular weight excluding hydrogens is 421 g/mol. The molecule has 0 saturated carbocycles. The van der Waals surface area contributed by atoms with Crippen LogP contribution in [0.1, 0.15) is 38.2 Å². The fourth-order valence-electron chi connectivity index (χ4n) is 3.92. The van der Waals surface area contributed by atoms with Gasteiger partial charge in [-0.2, -0.15) is 0 Å². The number of fused-ring (bicyclic) bond motifs is 1. The second-order valence-electron chi connectivity index (χ2n) is 8.05. The molecule has 178 valence electrons. The van der Waals surface area contributed by atoms with Crippen LogP contribution in [0, 0.1) is 0 Å². The van der Waals surface area contributed by atoms with E-state index >= 15 is 0 Å². The van der Waals surface area contributed by atoms with Gasteiger partial charge in [0.2, 0.25) is 0 Å². The number of hydrogen-bond acceptors (Lipinski definition) is 5.